The zero-order valence-corrected chi connectivity index (χ0v) is 17.0. The molecule has 0 fully saturated rings. The molecule has 0 saturated heterocycles. The van der Waals surface area contributed by atoms with Gasteiger partial charge < -0.3 is 5.32 Å². The standard InChI is InChI=1S/C21H16BrClN2O3/c22-16-5-1-14(2-6-16)20(13-21(26)15-3-7-17(23)8-4-15)24-18-9-11-19(12-10-18)25(27)28/h1-12,20,24H,13H2/t20-/m1/s1. The SMILES string of the molecule is O=C(C[C@@H](Nc1ccc([N+](=O)[O-])cc1)c1ccc(Br)cc1)c1ccc(Cl)cc1. The summed E-state index contributed by atoms with van der Waals surface area (Å²) in [5.41, 5.74) is 2.23. The number of nitro benzene ring substituents is 1. The first-order valence-corrected chi connectivity index (χ1v) is 9.65. The van der Waals surface area contributed by atoms with Crippen LogP contribution in [0.2, 0.25) is 5.02 Å². The number of hydrogen-bond donors (Lipinski definition) is 1. The maximum atomic E-state index is 12.8. The molecule has 0 heterocycles. The second kappa shape index (κ2) is 8.99. The third-order valence-electron chi connectivity index (χ3n) is 4.25. The molecule has 0 amide bonds. The maximum Gasteiger partial charge on any atom is 0.269 e. The molecule has 1 N–H and O–H groups in total. The van der Waals surface area contributed by atoms with Gasteiger partial charge in [0.1, 0.15) is 0 Å². The topological polar surface area (TPSA) is 72.2 Å². The number of anilines is 1. The number of carbonyl (C=O) groups is 1. The van der Waals surface area contributed by atoms with Crippen LogP contribution in [0.1, 0.15) is 28.4 Å². The number of non-ortho nitro benzene ring substituents is 1. The van der Waals surface area contributed by atoms with Gasteiger partial charge in [0.05, 0.1) is 11.0 Å². The molecular formula is C21H16BrClN2O3. The highest BCUT2D eigenvalue weighted by Crippen LogP contribution is 2.27. The van der Waals surface area contributed by atoms with Crippen LogP contribution < -0.4 is 5.32 Å². The number of benzene rings is 3. The lowest BCUT2D eigenvalue weighted by molar-refractivity contribution is -0.384. The number of Topliss-reactive ketones (excluding diaryl/α,β-unsaturated/α-hetero) is 1. The first kappa shape index (κ1) is 20.0. The molecule has 0 spiro atoms. The molecule has 1 atom stereocenters. The fraction of sp³-hybridized carbons (Fsp3) is 0.0952. The molecule has 28 heavy (non-hydrogen) atoms. The molecule has 3 aromatic carbocycles. The van der Waals surface area contributed by atoms with Crippen LogP contribution in [0, 0.1) is 10.1 Å². The fourth-order valence-corrected chi connectivity index (χ4v) is 3.16. The van der Waals surface area contributed by atoms with E-state index in [4.69, 9.17) is 11.6 Å². The predicted octanol–water partition coefficient (Wildman–Crippen LogP) is 6.44. The minimum Gasteiger partial charge on any atom is -0.378 e. The number of nitrogens with one attached hydrogen (secondary N) is 1. The Morgan fingerprint density at radius 3 is 2.18 bits per heavy atom. The van der Waals surface area contributed by atoms with Gasteiger partial charge in [-0.3, -0.25) is 14.9 Å². The average Bonchev–Trinajstić information content (AvgIpc) is 2.69. The second-order valence-corrected chi connectivity index (χ2v) is 7.54. The van der Waals surface area contributed by atoms with Gasteiger partial charge in [-0.2, -0.15) is 0 Å². The van der Waals surface area contributed by atoms with Gasteiger partial charge in [-0.15, -0.1) is 0 Å². The number of halogens is 2. The van der Waals surface area contributed by atoms with E-state index in [1.54, 1.807) is 36.4 Å². The van der Waals surface area contributed by atoms with Gasteiger partial charge in [-0.1, -0.05) is 39.7 Å². The van der Waals surface area contributed by atoms with Crippen molar-refractivity contribution in [2.75, 3.05) is 5.32 Å². The van der Waals surface area contributed by atoms with E-state index in [2.05, 4.69) is 21.2 Å². The molecule has 7 heteroatoms. The van der Waals surface area contributed by atoms with E-state index in [9.17, 15) is 14.9 Å². The Morgan fingerprint density at radius 2 is 1.61 bits per heavy atom. The minimum atomic E-state index is -0.444. The smallest absolute Gasteiger partial charge is 0.269 e. The van der Waals surface area contributed by atoms with Gasteiger partial charge in [0.2, 0.25) is 0 Å². The molecule has 5 nitrogen and oxygen atoms in total. The molecule has 3 aromatic rings. The number of carbonyl (C=O) groups excluding carboxylic acids is 1. The van der Waals surface area contributed by atoms with Crippen molar-refractivity contribution in [2.45, 2.75) is 12.5 Å². The Hall–Kier alpha value is -2.70. The summed E-state index contributed by atoms with van der Waals surface area (Å²) in [6.45, 7) is 0. The number of rotatable bonds is 7. The van der Waals surface area contributed by atoms with Crippen LogP contribution in [0.15, 0.2) is 77.3 Å². The molecule has 0 radical (unpaired) electrons. The Labute approximate surface area is 175 Å². The third kappa shape index (κ3) is 5.18. The van der Waals surface area contributed by atoms with Gasteiger partial charge in [-0.25, -0.2) is 0 Å². The monoisotopic (exact) mass is 458 g/mol. The lowest BCUT2D eigenvalue weighted by atomic mass is 9.97. The average molecular weight is 460 g/mol. The van der Waals surface area contributed by atoms with Crippen molar-refractivity contribution in [3.63, 3.8) is 0 Å². The molecule has 0 unspecified atom stereocenters. The van der Waals surface area contributed by atoms with Crippen molar-refractivity contribution in [2.24, 2.45) is 0 Å². The van der Waals surface area contributed by atoms with Gasteiger partial charge in [0.15, 0.2) is 5.78 Å². The zero-order valence-electron chi connectivity index (χ0n) is 14.6. The van der Waals surface area contributed by atoms with Gasteiger partial charge in [0, 0.05) is 39.3 Å². The van der Waals surface area contributed by atoms with Crippen LogP contribution in [0.4, 0.5) is 11.4 Å². The highest BCUT2D eigenvalue weighted by atomic mass is 79.9. The maximum absolute atomic E-state index is 12.8. The van der Waals surface area contributed by atoms with Crippen molar-refractivity contribution in [1.82, 2.24) is 0 Å². The number of nitro groups is 1. The summed E-state index contributed by atoms with van der Waals surface area (Å²) in [6.07, 6.45) is 0.222. The highest BCUT2D eigenvalue weighted by molar-refractivity contribution is 9.10. The lowest BCUT2D eigenvalue weighted by Gasteiger charge is -2.20. The third-order valence-corrected chi connectivity index (χ3v) is 5.03. The zero-order chi connectivity index (χ0) is 20.1. The number of hydrogen-bond acceptors (Lipinski definition) is 4. The lowest BCUT2D eigenvalue weighted by Crippen LogP contribution is -2.16. The summed E-state index contributed by atoms with van der Waals surface area (Å²) >= 11 is 9.31. The van der Waals surface area contributed by atoms with Crippen molar-refractivity contribution in [3.8, 4) is 0 Å². The summed E-state index contributed by atoms with van der Waals surface area (Å²) in [6, 6.07) is 20.3. The molecule has 0 saturated carbocycles. The van der Waals surface area contributed by atoms with Gasteiger partial charge in [-0.05, 0) is 54.1 Å². The van der Waals surface area contributed by atoms with E-state index in [-0.39, 0.29) is 23.9 Å². The van der Waals surface area contributed by atoms with Crippen LogP contribution in [-0.4, -0.2) is 10.7 Å². The first-order valence-electron chi connectivity index (χ1n) is 8.47. The van der Waals surface area contributed by atoms with Crippen molar-refractivity contribution in [1.29, 1.82) is 0 Å². The van der Waals surface area contributed by atoms with Crippen molar-refractivity contribution < 1.29 is 9.72 Å². The summed E-state index contributed by atoms with van der Waals surface area (Å²) in [5.74, 6) is -0.0287. The first-order chi connectivity index (χ1) is 13.4. The van der Waals surface area contributed by atoms with Crippen LogP contribution in [0.25, 0.3) is 0 Å². The summed E-state index contributed by atoms with van der Waals surface area (Å²) in [4.78, 5) is 23.2. The van der Waals surface area contributed by atoms with Crippen molar-refractivity contribution >= 4 is 44.7 Å². The molecule has 142 valence electrons. The van der Waals surface area contributed by atoms with Crippen LogP contribution in [0.5, 0.6) is 0 Å². The molecule has 0 bridgehead atoms. The largest absolute Gasteiger partial charge is 0.378 e. The molecule has 0 aliphatic carbocycles. The second-order valence-electron chi connectivity index (χ2n) is 6.19. The quantitative estimate of drug-likeness (QED) is 0.251. The summed E-state index contributed by atoms with van der Waals surface area (Å²) in [7, 11) is 0. The van der Waals surface area contributed by atoms with E-state index in [1.807, 2.05) is 24.3 Å². The normalized spacial score (nSPS) is 11.6. The van der Waals surface area contributed by atoms with E-state index in [0.717, 1.165) is 10.0 Å². The molecular weight excluding hydrogens is 444 g/mol. The fourth-order valence-electron chi connectivity index (χ4n) is 2.77. The van der Waals surface area contributed by atoms with Crippen LogP contribution >= 0.6 is 27.5 Å². The Balaban J connectivity index is 1.84. The van der Waals surface area contributed by atoms with Crippen molar-refractivity contribution in [3.05, 3.63) is 104 Å². The van der Waals surface area contributed by atoms with Crippen LogP contribution in [0.3, 0.4) is 0 Å². The predicted molar refractivity (Wildman–Crippen MR) is 114 cm³/mol. The summed E-state index contributed by atoms with van der Waals surface area (Å²) in [5, 5.41) is 14.7. The van der Waals surface area contributed by atoms with E-state index in [1.165, 1.54) is 12.1 Å². The minimum absolute atomic E-state index is 0.0167. The van der Waals surface area contributed by atoms with E-state index >= 15 is 0 Å². The number of ketones is 1. The molecule has 0 aliphatic heterocycles. The van der Waals surface area contributed by atoms with E-state index < -0.39 is 4.92 Å². The Bertz CT molecular complexity index is 974. The Kier molecular flexibility index (Phi) is 6.44. The number of nitrogens with zero attached hydrogens (tertiary/aromatic N) is 1. The molecule has 0 aliphatic rings. The summed E-state index contributed by atoms with van der Waals surface area (Å²) < 4.78 is 0.939. The van der Waals surface area contributed by atoms with Gasteiger partial charge in [0.25, 0.3) is 5.69 Å². The van der Waals surface area contributed by atoms with Gasteiger partial charge >= 0.3 is 0 Å². The molecule has 3 rings (SSSR count). The van der Waals surface area contributed by atoms with Crippen LogP contribution in [-0.2, 0) is 0 Å². The Morgan fingerprint density at radius 1 is 1.00 bits per heavy atom. The molecule has 0 aromatic heterocycles. The highest BCUT2D eigenvalue weighted by Gasteiger charge is 2.18. The van der Waals surface area contributed by atoms with E-state index in [0.29, 0.717) is 16.3 Å².